The highest BCUT2D eigenvalue weighted by atomic mass is 16.1. The molecule has 0 atom stereocenters. The molecule has 7 nitrogen and oxygen atoms in total. The predicted octanol–water partition coefficient (Wildman–Crippen LogP) is 3.67. The van der Waals surface area contributed by atoms with Crippen molar-refractivity contribution in [2.24, 2.45) is 21.5 Å². The van der Waals surface area contributed by atoms with E-state index < -0.39 is 5.66 Å². The van der Waals surface area contributed by atoms with E-state index in [-0.39, 0.29) is 11.9 Å². The first-order chi connectivity index (χ1) is 14.4. The Balaban J connectivity index is 1.59. The molecule has 2 aromatic carbocycles. The average Bonchev–Trinajstić information content (AvgIpc) is 2.72. The van der Waals surface area contributed by atoms with Crippen LogP contribution in [0, 0.1) is 13.8 Å². The van der Waals surface area contributed by atoms with Crippen LogP contribution in [0.15, 0.2) is 52.4 Å². The zero-order chi connectivity index (χ0) is 21.3. The molecule has 2 aliphatic rings. The number of rotatable bonds is 3. The first-order valence-electron chi connectivity index (χ1n) is 10.4. The van der Waals surface area contributed by atoms with E-state index in [1.807, 2.05) is 49.1 Å². The summed E-state index contributed by atoms with van der Waals surface area (Å²) < 4.78 is 0. The number of nitrogens with zero attached hydrogens (tertiary/aromatic N) is 3. The quantitative estimate of drug-likeness (QED) is 0.725. The van der Waals surface area contributed by atoms with Gasteiger partial charge < -0.3 is 16.8 Å². The third-order valence-electron chi connectivity index (χ3n) is 6.09. The third kappa shape index (κ3) is 3.63. The Hall–Kier alpha value is -3.35. The summed E-state index contributed by atoms with van der Waals surface area (Å²) in [5, 5.41) is 3.00. The molecule has 1 saturated carbocycles. The number of benzene rings is 2. The molecule has 30 heavy (non-hydrogen) atoms. The summed E-state index contributed by atoms with van der Waals surface area (Å²) in [6, 6.07) is 13.3. The van der Waals surface area contributed by atoms with Gasteiger partial charge in [0, 0.05) is 16.9 Å². The van der Waals surface area contributed by atoms with Crippen LogP contribution < -0.4 is 21.7 Å². The van der Waals surface area contributed by atoms with Crippen molar-refractivity contribution in [1.29, 1.82) is 0 Å². The van der Waals surface area contributed by atoms with E-state index in [0.29, 0.717) is 11.5 Å². The second kappa shape index (κ2) is 7.82. The standard InChI is InChI=1S/C23H28N6O/c1-15-7-6-8-19(16(15)2)26-20(30)17-9-11-18(12-10-17)29-22(25)27-21(24)28-23(29)13-4-3-5-14-23/h6-12H,3-5,13-14H2,1-2H3,(H,26,30)(H4,24,25,27,28). The zero-order valence-electron chi connectivity index (χ0n) is 17.5. The van der Waals surface area contributed by atoms with Gasteiger partial charge in [0.15, 0.2) is 0 Å². The molecule has 1 heterocycles. The van der Waals surface area contributed by atoms with Crippen LogP contribution >= 0.6 is 0 Å². The van der Waals surface area contributed by atoms with Crippen molar-refractivity contribution in [3.8, 4) is 0 Å². The largest absolute Gasteiger partial charge is 0.369 e. The van der Waals surface area contributed by atoms with Gasteiger partial charge in [0.1, 0.15) is 5.66 Å². The molecular weight excluding hydrogens is 376 g/mol. The van der Waals surface area contributed by atoms with Crippen LogP contribution in [-0.4, -0.2) is 23.5 Å². The van der Waals surface area contributed by atoms with Crippen LogP contribution in [0.3, 0.4) is 0 Å². The van der Waals surface area contributed by atoms with E-state index in [9.17, 15) is 4.79 Å². The molecule has 5 N–H and O–H groups in total. The van der Waals surface area contributed by atoms with E-state index in [4.69, 9.17) is 11.5 Å². The van der Waals surface area contributed by atoms with Gasteiger partial charge in [-0.15, -0.1) is 0 Å². The number of hydrogen-bond donors (Lipinski definition) is 3. The van der Waals surface area contributed by atoms with Crippen molar-refractivity contribution in [1.82, 2.24) is 0 Å². The van der Waals surface area contributed by atoms with Crippen molar-refractivity contribution >= 4 is 29.2 Å². The molecule has 1 aliphatic carbocycles. The molecule has 4 rings (SSSR count). The molecule has 1 aliphatic heterocycles. The Bertz CT molecular complexity index is 1020. The number of anilines is 2. The monoisotopic (exact) mass is 404 g/mol. The fourth-order valence-electron chi connectivity index (χ4n) is 4.34. The summed E-state index contributed by atoms with van der Waals surface area (Å²) in [6.07, 6.45) is 5.06. The molecule has 2 aromatic rings. The lowest BCUT2D eigenvalue weighted by Gasteiger charge is -2.45. The minimum Gasteiger partial charge on any atom is -0.369 e. The van der Waals surface area contributed by atoms with Gasteiger partial charge in [-0.25, -0.2) is 4.99 Å². The van der Waals surface area contributed by atoms with Gasteiger partial charge in [0.2, 0.25) is 11.9 Å². The van der Waals surface area contributed by atoms with Crippen LogP contribution in [0.2, 0.25) is 0 Å². The van der Waals surface area contributed by atoms with Gasteiger partial charge in [0.25, 0.3) is 5.91 Å². The van der Waals surface area contributed by atoms with Crippen LogP contribution in [0.25, 0.3) is 0 Å². The molecule has 0 aromatic heterocycles. The van der Waals surface area contributed by atoms with E-state index in [1.54, 1.807) is 12.1 Å². The number of aliphatic imine (C=N–C) groups is 2. The van der Waals surface area contributed by atoms with E-state index >= 15 is 0 Å². The number of carbonyl (C=O) groups excluding carboxylic acids is 1. The Morgan fingerprint density at radius 2 is 1.73 bits per heavy atom. The smallest absolute Gasteiger partial charge is 0.255 e. The van der Waals surface area contributed by atoms with Gasteiger partial charge in [-0.05, 0) is 81.0 Å². The number of nitrogens with one attached hydrogen (secondary N) is 1. The summed E-state index contributed by atoms with van der Waals surface area (Å²) in [6.45, 7) is 4.03. The average molecular weight is 405 g/mol. The molecule has 7 heteroatoms. The maximum Gasteiger partial charge on any atom is 0.255 e. The van der Waals surface area contributed by atoms with Crippen molar-refractivity contribution in [2.45, 2.75) is 51.6 Å². The normalized spacial score (nSPS) is 18.0. The van der Waals surface area contributed by atoms with Gasteiger partial charge in [-0.2, -0.15) is 4.99 Å². The minimum absolute atomic E-state index is 0.148. The second-order valence-corrected chi connectivity index (χ2v) is 8.07. The Morgan fingerprint density at radius 3 is 2.43 bits per heavy atom. The van der Waals surface area contributed by atoms with Crippen molar-refractivity contribution < 1.29 is 4.79 Å². The summed E-state index contributed by atoms with van der Waals surface area (Å²) in [5.74, 6) is 0.428. The summed E-state index contributed by atoms with van der Waals surface area (Å²) in [7, 11) is 0. The molecule has 0 unspecified atom stereocenters. The lowest BCUT2D eigenvalue weighted by Crippen LogP contribution is -2.58. The maximum absolute atomic E-state index is 12.8. The number of hydrogen-bond acceptors (Lipinski definition) is 6. The van der Waals surface area contributed by atoms with Crippen molar-refractivity contribution in [2.75, 3.05) is 10.2 Å². The molecule has 1 amide bonds. The highest BCUT2D eigenvalue weighted by Gasteiger charge is 2.42. The van der Waals surface area contributed by atoms with Crippen molar-refractivity contribution in [3.63, 3.8) is 0 Å². The maximum atomic E-state index is 12.8. The zero-order valence-corrected chi connectivity index (χ0v) is 17.5. The summed E-state index contributed by atoms with van der Waals surface area (Å²) >= 11 is 0. The third-order valence-corrected chi connectivity index (χ3v) is 6.09. The van der Waals surface area contributed by atoms with Crippen LogP contribution in [0.1, 0.15) is 53.6 Å². The van der Waals surface area contributed by atoms with Gasteiger partial charge in [0.05, 0.1) is 0 Å². The molecule has 0 radical (unpaired) electrons. The summed E-state index contributed by atoms with van der Waals surface area (Å²) in [4.78, 5) is 23.6. The number of nitrogens with two attached hydrogens (primary N) is 2. The lowest BCUT2D eigenvalue weighted by atomic mass is 9.87. The van der Waals surface area contributed by atoms with Crippen LogP contribution in [0.5, 0.6) is 0 Å². The number of guanidine groups is 2. The van der Waals surface area contributed by atoms with Crippen LogP contribution in [0.4, 0.5) is 11.4 Å². The lowest BCUT2D eigenvalue weighted by molar-refractivity contribution is 0.102. The predicted molar refractivity (Wildman–Crippen MR) is 122 cm³/mol. The summed E-state index contributed by atoms with van der Waals surface area (Å²) in [5.41, 5.74) is 16.2. The molecule has 1 spiro atoms. The fourth-order valence-corrected chi connectivity index (χ4v) is 4.34. The second-order valence-electron chi connectivity index (χ2n) is 8.07. The first-order valence-corrected chi connectivity index (χ1v) is 10.4. The Labute approximate surface area is 176 Å². The number of carbonyl (C=O) groups is 1. The molecule has 1 fully saturated rings. The minimum atomic E-state index is -0.489. The van der Waals surface area contributed by atoms with Gasteiger partial charge in [-0.1, -0.05) is 18.6 Å². The SMILES string of the molecule is Cc1cccc(NC(=O)c2ccc(N3C(N)=NC(N)=NC34CCCCC4)cc2)c1C. The van der Waals surface area contributed by atoms with Gasteiger partial charge >= 0.3 is 0 Å². The highest BCUT2D eigenvalue weighted by molar-refractivity contribution is 6.07. The van der Waals surface area contributed by atoms with Gasteiger partial charge in [-0.3, -0.25) is 9.69 Å². The Kier molecular flexibility index (Phi) is 5.20. The number of amides is 1. The van der Waals surface area contributed by atoms with E-state index in [2.05, 4.69) is 15.3 Å². The van der Waals surface area contributed by atoms with Crippen molar-refractivity contribution in [3.05, 3.63) is 59.2 Å². The Morgan fingerprint density at radius 1 is 1.03 bits per heavy atom. The van der Waals surface area contributed by atoms with E-state index in [1.165, 1.54) is 6.42 Å². The topological polar surface area (TPSA) is 109 Å². The fraction of sp³-hybridized carbons (Fsp3) is 0.348. The van der Waals surface area contributed by atoms with E-state index in [0.717, 1.165) is 48.2 Å². The van der Waals surface area contributed by atoms with Crippen LogP contribution in [-0.2, 0) is 0 Å². The molecule has 0 saturated heterocycles. The molecule has 156 valence electrons. The highest BCUT2D eigenvalue weighted by Crippen LogP contribution is 2.39. The molecular formula is C23H28N6O. The number of aryl methyl sites for hydroxylation is 1. The molecule has 0 bridgehead atoms. The first kappa shape index (κ1) is 19.9.